The Balaban J connectivity index is 1.88. The molecular formula is C16H18N3O2+. The quantitative estimate of drug-likeness (QED) is 0.519. The molecule has 0 radical (unpaired) electrons. The van der Waals surface area contributed by atoms with Gasteiger partial charge in [0.1, 0.15) is 5.76 Å². The lowest BCUT2D eigenvalue weighted by atomic mass is 10.3. The Hall–Kier alpha value is -2.69. The second-order valence-corrected chi connectivity index (χ2v) is 4.61. The zero-order valence-electron chi connectivity index (χ0n) is 12.1. The van der Waals surface area contributed by atoms with Gasteiger partial charge in [0.25, 0.3) is 0 Å². The number of furan rings is 1. The van der Waals surface area contributed by atoms with Crippen molar-refractivity contribution in [3.63, 3.8) is 0 Å². The minimum atomic E-state index is -0.167. The molecule has 0 atom stereocenters. The Morgan fingerprint density at radius 3 is 2.95 bits per heavy atom. The average Bonchev–Trinajstić information content (AvgIpc) is 2.99. The maximum Gasteiger partial charge on any atom is 0.305 e. The third kappa shape index (κ3) is 4.72. The van der Waals surface area contributed by atoms with E-state index in [1.807, 2.05) is 48.0 Å². The number of nitrogens with one attached hydrogen (secondary N) is 1. The summed E-state index contributed by atoms with van der Waals surface area (Å²) < 4.78 is 7.03. The van der Waals surface area contributed by atoms with E-state index in [0.29, 0.717) is 5.71 Å². The van der Waals surface area contributed by atoms with E-state index in [0.717, 1.165) is 11.5 Å². The standard InChI is InChI=1S/C16H17N3O2/c1-13(8-9-15-7-5-11-21-15)17-18-16(20)12-19-10-4-3-6-14(19)2/h3-11H,12H2,1-2H3/p+1. The Bertz CT molecular complexity index is 658. The Morgan fingerprint density at radius 1 is 1.38 bits per heavy atom. The first-order chi connectivity index (χ1) is 10.1. The first-order valence-electron chi connectivity index (χ1n) is 6.65. The van der Waals surface area contributed by atoms with E-state index in [1.54, 1.807) is 25.3 Å². The fourth-order valence-corrected chi connectivity index (χ4v) is 1.71. The van der Waals surface area contributed by atoms with Gasteiger partial charge < -0.3 is 4.42 Å². The largest absolute Gasteiger partial charge is 0.465 e. The summed E-state index contributed by atoms with van der Waals surface area (Å²) in [6, 6.07) is 9.44. The molecule has 5 nitrogen and oxygen atoms in total. The van der Waals surface area contributed by atoms with Crippen molar-refractivity contribution < 1.29 is 13.8 Å². The Kier molecular flexibility index (Phi) is 5.04. The minimum Gasteiger partial charge on any atom is -0.465 e. The molecule has 21 heavy (non-hydrogen) atoms. The molecule has 2 aromatic heterocycles. The van der Waals surface area contributed by atoms with Crippen molar-refractivity contribution in [3.8, 4) is 0 Å². The summed E-state index contributed by atoms with van der Waals surface area (Å²) in [4.78, 5) is 11.8. The second kappa shape index (κ2) is 7.19. The van der Waals surface area contributed by atoms with Gasteiger partial charge in [-0.25, -0.2) is 5.43 Å². The van der Waals surface area contributed by atoms with Gasteiger partial charge in [0.15, 0.2) is 11.9 Å². The highest BCUT2D eigenvalue weighted by atomic mass is 16.3. The highest BCUT2D eigenvalue weighted by Crippen LogP contribution is 2.02. The molecule has 1 N–H and O–H groups in total. The first-order valence-corrected chi connectivity index (χ1v) is 6.65. The number of nitrogens with zero attached hydrogens (tertiary/aromatic N) is 2. The molecule has 0 aliphatic carbocycles. The third-order valence-corrected chi connectivity index (χ3v) is 2.87. The van der Waals surface area contributed by atoms with Crippen molar-refractivity contribution in [2.75, 3.05) is 0 Å². The average molecular weight is 284 g/mol. The van der Waals surface area contributed by atoms with Crippen LogP contribution in [0.5, 0.6) is 0 Å². The van der Waals surface area contributed by atoms with Gasteiger partial charge >= 0.3 is 5.91 Å². The Morgan fingerprint density at radius 2 is 2.24 bits per heavy atom. The molecule has 0 aliphatic rings. The number of aromatic nitrogens is 1. The summed E-state index contributed by atoms with van der Waals surface area (Å²) in [5.74, 6) is 0.575. The lowest BCUT2D eigenvalue weighted by Gasteiger charge is -2.00. The van der Waals surface area contributed by atoms with E-state index in [4.69, 9.17) is 4.42 Å². The van der Waals surface area contributed by atoms with Gasteiger partial charge in [-0.2, -0.15) is 9.67 Å². The van der Waals surface area contributed by atoms with Gasteiger partial charge in [-0.1, -0.05) is 6.07 Å². The van der Waals surface area contributed by atoms with Crippen LogP contribution >= 0.6 is 0 Å². The number of carbonyl (C=O) groups is 1. The molecule has 0 aromatic carbocycles. The molecule has 2 rings (SSSR count). The maximum absolute atomic E-state index is 11.8. The zero-order chi connectivity index (χ0) is 15.1. The predicted molar refractivity (Wildman–Crippen MR) is 80.4 cm³/mol. The normalized spacial score (nSPS) is 11.8. The molecule has 0 saturated carbocycles. The van der Waals surface area contributed by atoms with Gasteiger partial charge in [-0.15, -0.1) is 0 Å². The molecule has 2 aromatic rings. The molecular weight excluding hydrogens is 266 g/mol. The molecule has 0 unspecified atom stereocenters. The smallest absolute Gasteiger partial charge is 0.305 e. The number of hydrogen-bond acceptors (Lipinski definition) is 3. The topological polar surface area (TPSA) is 58.5 Å². The van der Waals surface area contributed by atoms with Crippen molar-refractivity contribution >= 4 is 17.7 Å². The van der Waals surface area contributed by atoms with E-state index in [-0.39, 0.29) is 12.5 Å². The molecule has 0 spiro atoms. The first kappa shape index (κ1) is 14.7. The molecule has 0 aliphatic heterocycles. The number of carbonyl (C=O) groups excluding carboxylic acids is 1. The fraction of sp³-hybridized carbons (Fsp3) is 0.188. The number of hydrogen-bond donors (Lipinski definition) is 1. The molecule has 2 heterocycles. The SMILES string of the molecule is CC(C=Cc1ccco1)=NNC(=O)C[n+]1ccccc1C. The number of allylic oxidation sites excluding steroid dienone is 1. The van der Waals surface area contributed by atoms with Gasteiger partial charge in [0.05, 0.1) is 12.0 Å². The van der Waals surface area contributed by atoms with Crippen LogP contribution < -0.4 is 9.99 Å². The van der Waals surface area contributed by atoms with Crippen molar-refractivity contribution in [2.45, 2.75) is 20.4 Å². The van der Waals surface area contributed by atoms with Gasteiger partial charge in [-0.05, 0) is 31.2 Å². The van der Waals surface area contributed by atoms with Crippen LogP contribution in [0.15, 0.2) is 58.4 Å². The van der Waals surface area contributed by atoms with Crippen molar-refractivity contribution in [1.82, 2.24) is 5.43 Å². The fourth-order valence-electron chi connectivity index (χ4n) is 1.71. The number of hydrazone groups is 1. The predicted octanol–water partition coefficient (Wildman–Crippen LogP) is 2.08. The van der Waals surface area contributed by atoms with Gasteiger partial charge in [0, 0.05) is 19.1 Å². The highest BCUT2D eigenvalue weighted by Gasteiger charge is 2.10. The van der Waals surface area contributed by atoms with Crippen LogP contribution in [-0.4, -0.2) is 11.6 Å². The number of amides is 1. The summed E-state index contributed by atoms with van der Waals surface area (Å²) in [6.07, 6.45) is 7.04. The van der Waals surface area contributed by atoms with Crippen LogP contribution in [0, 0.1) is 6.92 Å². The van der Waals surface area contributed by atoms with Crippen LogP contribution in [-0.2, 0) is 11.3 Å². The summed E-state index contributed by atoms with van der Waals surface area (Å²) >= 11 is 0. The maximum atomic E-state index is 11.8. The van der Waals surface area contributed by atoms with E-state index < -0.39 is 0 Å². The van der Waals surface area contributed by atoms with E-state index >= 15 is 0 Å². The van der Waals surface area contributed by atoms with Crippen molar-refractivity contribution in [3.05, 3.63) is 60.3 Å². The Labute approximate surface area is 123 Å². The molecule has 0 bridgehead atoms. The molecule has 5 heteroatoms. The number of aryl methyl sites for hydroxylation is 1. The van der Waals surface area contributed by atoms with E-state index in [9.17, 15) is 4.79 Å². The summed E-state index contributed by atoms with van der Waals surface area (Å²) in [7, 11) is 0. The lowest BCUT2D eigenvalue weighted by Crippen LogP contribution is -2.43. The van der Waals surface area contributed by atoms with Crippen LogP contribution in [0.2, 0.25) is 0 Å². The van der Waals surface area contributed by atoms with Crippen LogP contribution in [0.4, 0.5) is 0 Å². The van der Waals surface area contributed by atoms with E-state index in [2.05, 4.69) is 10.5 Å². The van der Waals surface area contributed by atoms with Crippen LogP contribution in [0.25, 0.3) is 6.08 Å². The second-order valence-electron chi connectivity index (χ2n) is 4.61. The lowest BCUT2D eigenvalue weighted by molar-refractivity contribution is -0.690. The molecule has 0 saturated heterocycles. The summed E-state index contributed by atoms with van der Waals surface area (Å²) in [6.45, 7) is 4.00. The van der Waals surface area contributed by atoms with Gasteiger partial charge in [0.2, 0.25) is 6.54 Å². The molecule has 0 fully saturated rings. The summed E-state index contributed by atoms with van der Waals surface area (Å²) in [5, 5.41) is 4.02. The molecule has 1 amide bonds. The monoisotopic (exact) mass is 284 g/mol. The summed E-state index contributed by atoms with van der Waals surface area (Å²) in [5.41, 5.74) is 4.24. The van der Waals surface area contributed by atoms with Gasteiger partial charge in [-0.3, -0.25) is 4.79 Å². The van der Waals surface area contributed by atoms with E-state index in [1.165, 1.54) is 0 Å². The van der Waals surface area contributed by atoms with Crippen LogP contribution in [0.1, 0.15) is 18.4 Å². The number of pyridine rings is 1. The third-order valence-electron chi connectivity index (χ3n) is 2.87. The van der Waals surface area contributed by atoms with Crippen molar-refractivity contribution in [2.24, 2.45) is 5.10 Å². The molecule has 108 valence electrons. The highest BCUT2D eigenvalue weighted by molar-refractivity contribution is 5.96. The zero-order valence-corrected chi connectivity index (χ0v) is 12.1. The van der Waals surface area contributed by atoms with Crippen molar-refractivity contribution in [1.29, 1.82) is 0 Å². The minimum absolute atomic E-state index is 0.167. The number of rotatable bonds is 5. The van der Waals surface area contributed by atoms with Crippen LogP contribution in [0.3, 0.4) is 0 Å².